The third-order valence-electron chi connectivity index (χ3n) is 3.36. The molecular weight excluding hydrogens is 296 g/mol. The molecule has 0 bridgehead atoms. The van der Waals surface area contributed by atoms with Gasteiger partial charge >= 0.3 is 6.03 Å². The van der Waals surface area contributed by atoms with Gasteiger partial charge < -0.3 is 15.7 Å². The van der Waals surface area contributed by atoms with Crippen molar-refractivity contribution in [1.29, 1.82) is 0 Å². The van der Waals surface area contributed by atoms with Gasteiger partial charge in [-0.1, -0.05) is 12.1 Å². The number of urea groups is 1. The summed E-state index contributed by atoms with van der Waals surface area (Å²) in [5, 5.41) is 19.2. The van der Waals surface area contributed by atoms with Crippen LogP contribution in [-0.2, 0) is 12.8 Å². The number of phenolic OH excluding ortho intramolecular Hbond substituents is 1. The summed E-state index contributed by atoms with van der Waals surface area (Å²) in [5.74, 6) is 0.279. The van der Waals surface area contributed by atoms with E-state index in [1.165, 1.54) is 5.56 Å². The van der Waals surface area contributed by atoms with Gasteiger partial charge in [-0.15, -0.1) is 0 Å². The van der Waals surface area contributed by atoms with Gasteiger partial charge in [0.05, 0.1) is 0 Å². The van der Waals surface area contributed by atoms with Crippen LogP contribution in [0.3, 0.4) is 0 Å². The van der Waals surface area contributed by atoms with E-state index in [4.69, 9.17) is 0 Å². The van der Waals surface area contributed by atoms with Crippen LogP contribution in [0.25, 0.3) is 0 Å². The first-order chi connectivity index (χ1) is 10.6. The molecule has 1 heterocycles. The molecular formula is C17H22N2O2S. The molecule has 0 radical (unpaired) electrons. The fourth-order valence-corrected chi connectivity index (χ4v) is 2.93. The van der Waals surface area contributed by atoms with Crippen molar-refractivity contribution in [2.24, 2.45) is 0 Å². The Balaban J connectivity index is 1.60. The highest BCUT2D eigenvalue weighted by atomic mass is 32.1. The van der Waals surface area contributed by atoms with Gasteiger partial charge in [-0.05, 0) is 66.3 Å². The number of carbonyl (C=O) groups excluding carboxylic acids is 1. The monoisotopic (exact) mass is 318 g/mol. The molecule has 0 aliphatic carbocycles. The number of hydrogen-bond acceptors (Lipinski definition) is 3. The number of nitrogens with one attached hydrogen (secondary N) is 2. The summed E-state index contributed by atoms with van der Waals surface area (Å²) in [6.07, 6.45) is 2.60. The van der Waals surface area contributed by atoms with E-state index in [1.54, 1.807) is 23.5 Å². The lowest BCUT2D eigenvalue weighted by Gasteiger charge is -2.14. The van der Waals surface area contributed by atoms with Crippen LogP contribution < -0.4 is 10.6 Å². The largest absolute Gasteiger partial charge is 0.508 e. The lowest BCUT2D eigenvalue weighted by Crippen LogP contribution is -2.42. The molecule has 0 spiro atoms. The molecule has 0 unspecified atom stereocenters. The molecule has 4 nitrogen and oxygen atoms in total. The lowest BCUT2D eigenvalue weighted by atomic mass is 10.1. The predicted molar refractivity (Wildman–Crippen MR) is 90.4 cm³/mol. The maximum Gasteiger partial charge on any atom is 0.315 e. The van der Waals surface area contributed by atoms with E-state index >= 15 is 0 Å². The highest BCUT2D eigenvalue weighted by Crippen LogP contribution is 2.11. The quantitative estimate of drug-likeness (QED) is 0.686. The molecule has 5 heteroatoms. The maximum absolute atomic E-state index is 11.8. The molecule has 118 valence electrons. The number of thiophene rings is 1. The van der Waals surface area contributed by atoms with Gasteiger partial charge in [0.2, 0.25) is 0 Å². The third kappa shape index (κ3) is 5.77. The molecule has 0 fully saturated rings. The Bertz CT molecular complexity index is 567. The van der Waals surface area contributed by atoms with Crippen LogP contribution in [0.4, 0.5) is 4.79 Å². The van der Waals surface area contributed by atoms with Crippen molar-refractivity contribution in [1.82, 2.24) is 10.6 Å². The lowest BCUT2D eigenvalue weighted by molar-refractivity contribution is 0.237. The summed E-state index contributed by atoms with van der Waals surface area (Å²) in [6.45, 7) is 2.64. The van der Waals surface area contributed by atoms with E-state index in [-0.39, 0.29) is 17.8 Å². The molecule has 0 saturated heterocycles. The van der Waals surface area contributed by atoms with Crippen LogP contribution >= 0.6 is 11.3 Å². The first-order valence-electron chi connectivity index (χ1n) is 7.47. The van der Waals surface area contributed by atoms with Crippen molar-refractivity contribution < 1.29 is 9.90 Å². The molecule has 3 N–H and O–H groups in total. The molecule has 1 atom stereocenters. The Hall–Kier alpha value is -2.01. The Kier molecular flexibility index (Phi) is 6.27. The number of hydrogen-bond donors (Lipinski definition) is 3. The minimum atomic E-state index is -0.117. The van der Waals surface area contributed by atoms with Crippen LogP contribution in [0, 0.1) is 0 Å². The summed E-state index contributed by atoms with van der Waals surface area (Å²) in [6, 6.07) is 9.25. The average Bonchev–Trinajstić information content (AvgIpc) is 2.98. The van der Waals surface area contributed by atoms with Crippen molar-refractivity contribution >= 4 is 17.4 Å². The summed E-state index contributed by atoms with van der Waals surface area (Å²) in [4.78, 5) is 11.8. The first kappa shape index (κ1) is 16.4. The standard InChI is InChI=1S/C17H22N2O2S/c1-13(11-15-8-10-22-12-15)19-17(21)18-9-2-3-14-4-6-16(20)7-5-14/h4-8,10,12-13,20H,2-3,9,11H2,1H3,(H2,18,19,21)/t13-/m1/s1. The summed E-state index contributed by atoms with van der Waals surface area (Å²) in [5.41, 5.74) is 2.41. The predicted octanol–water partition coefficient (Wildman–Crippen LogP) is 3.32. The second-order valence-corrected chi connectivity index (χ2v) is 6.19. The normalized spacial score (nSPS) is 11.9. The number of benzene rings is 1. The zero-order valence-electron chi connectivity index (χ0n) is 12.7. The molecule has 2 rings (SSSR count). The van der Waals surface area contributed by atoms with Crippen molar-refractivity contribution in [2.75, 3.05) is 6.54 Å². The van der Waals surface area contributed by atoms with E-state index in [0.717, 1.165) is 24.8 Å². The van der Waals surface area contributed by atoms with Crippen molar-refractivity contribution in [3.8, 4) is 5.75 Å². The van der Waals surface area contributed by atoms with E-state index in [0.29, 0.717) is 6.54 Å². The minimum absolute atomic E-state index is 0.117. The highest BCUT2D eigenvalue weighted by molar-refractivity contribution is 7.07. The molecule has 1 aromatic heterocycles. The van der Waals surface area contributed by atoms with E-state index in [1.807, 2.05) is 24.4 Å². The number of rotatable bonds is 7. The molecule has 0 aliphatic heterocycles. The van der Waals surface area contributed by atoms with E-state index in [2.05, 4.69) is 22.1 Å². The molecule has 2 aromatic rings. The van der Waals surface area contributed by atoms with Gasteiger partial charge in [-0.3, -0.25) is 0 Å². The fraction of sp³-hybridized carbons (Fsp3) is 0.353. The smallest absolute Gasteiger partial charge is 0.315 e. The van der Waals surface area contributed by atoms with Gasteiger partial charge in [-0.25, -0.2) is 4.79 Å². The summed E-state index contributed by atoms with van der Waals surface area (Å²) >= 11 is 1.67. The Morgan fingerprint density at radius 1 is 1.23 bits per heavy atom. The number of carbonyl (C=O) groups is 1. The Labute approximate surface area is 135 Å². The maximum atomic E-state index is 11.8. The number of phenols is 1. The van der Waals surface area contributed by atoms with Gasteiger partial charge in [0.25, 0.3) is 0 Å². The number of amides is 2. The van der Waals surface area contributed by atoms with Crippen molar-refractivity contribution in [3.63, 3.8) is 0 Å². The fourth-order valence-electron chi connectivity index (χ4n) is 2.25. The van der Waals surface area contributed by atoms with Gasteiger partial charge in [0.1, 0.15) is 5.75 Å². The van der Waals surface area contributed by atoms with Crippen LogP contribution in [0.15, 0.2) is 41.1 Å². The average molecular weight is 318 g/mol. The molecule has 1 aromatic carbocycles. The second kappa shape index (κ2) is 8.44. The molecule has 0 aliphatic rings. The van der Waals surface area contributed by atoms with E-state index < -0.39 is 0 Å². The van der Waals surface area contributed by atoms with Crippen LogP contribution in [0.1, 0.15) is 24.5 Å². The second-order valence-electron chi connectivity index (χ2n) is 5.41. The zero-order valence-corrected chi connectivity index (χ0v) is 13.5. The molecule has 0 saturated carbocycles. The van der Waals surface area contributed by atoms with Gasteiger partial charge in [0.15, 0.2) is 0 Å². The summed E-state index contributed by atoms with van der Waals surface area (Å²) < 4.78 is 0. The third-order valence-corrected chi connectivity index (χ3v) is 4.10. The van der Waals surface area contributed by atoms with Gasteiger partial charge in [0, 0.05) is 12.6 Å². The van der Waals surface area contributed by atoms with Crippen LogP contribution in [0.2, 0.25) is 0 Å². The molecule has 2 amide bonds. The van der Waals surface area contributed by atoms with Crippen molar-refractivity contribution in [3.05, 3.63) is 52.2 Å². The van der Waals surface area contributed by atoms with Crippen molar-refractivity contribution in [2.45, 2.75) is 32.2 Å². The van der Waals surface area contributed by atoms with Crippen LogP contribution in [-0.4, -0.2) is 23.7 Å². The minimum Gasteiger partial charge on any atom is -0.508 e. The SMILES string of the molecule is C[C@H](Cc1ccsc1)NC(=O)NCCCc1ccc(O)cc1. The molecule has 22 heavy (non-hydrogen) atoms. The first-order valence-corrected chi connectivity index (χ1v) is 8.41. The van der Waals surface area contributed by atoms with E-state index in [9.17, 15) is 9.90 Å². The Morgan fingerprint density at radius 2 is 2.00 bits per heavy atom. The van der Waals surface area contributed by atoms with Gasteiger partial charge in [-0.2, -0.15) is 11.3 Å². The Morgan fingerprint density at radius 3 is 2.68 bits per heavy atom. The number of aryl methyl sites for hydroxylation is 1. The summed E-state index contributed by atoms with van der Waals surface area (Å²) in [7, 11) is 0. The topological polar surface area (TPSA) is 61.4 Å². The number of aromatic hydroxyl groups is 1. The highest BCUT2D eigenvalue weighted by Gasteiger charge is 2.07. The zero-order chi connectivity index (χ0) is 15.8. The van der Waals surface area contributed by atoms with Crippen LogP contribution in [0.5, 0.6) is 5.75 Å².